The number of ether oxygens (including phenoxy) is 1. The summed E-state index contributed by atoms with van der Waals surface area (Å²) < 4.78 is 5.22. The molecule has 20 heavy (non-hydrogen) atoms. The Kier molecular flexibility index (Phi) is 4.45. The third-order valence-electron chi connectivity index (χ3n) is 3.15. The molecule has 0 heterocycles. The van der Waals surface area contributed by atoms with Crippen LogP contribution in [0, 0.1) is 0 Å². The van der Waals surface area contributed by atoms with E-state index in [1.165, 1.54) is 0 Å². The molecular weight excluding hydrogens is 254 g/mol. The van der Waals surface area contributed by atoms with Crippen molar-refractivity contribution in [2.24, 2.45) is 4.99 Å². The van der Waals surface area contributed by atoms with Gasteiger partial charge in [-0.1, -0.05) is 18.7 Å². The number of hydrogen-bond acceptors (Lipinski definition) is 4. The minimum absolute atomic E-state index is 0.0740. The second-order valence-electron chi connectivity index (χ2n) is 4.66. The summed E-state index contributed by atoms with van der Waals surface area (Å²) >= 11 is 0. The largest absolute Gasteiger partial charge is 0.446 e. The van der Waals surface area contributed by atoms with Crippen molar-refractivity contribution in [1.29, 1.82) is 0 Å². The van der Waals surface area contributed by atoms with E-state index >= 15 is 0 Å². The first-order valence-corrected chi connectivity index (χ1v) is 6.63. The third kappa shape index (κ3) is 3.20. The predicted octanol–water partition coefficient (Wildman–Crippen LogP) is 2.57. The highest BCUT2D eigenvalue weighted by molar-refractivity contribution is 5.96. The molecule has 1 atom stereocenters. The van der Waals surface area contributed by atoms with Crippen molar-refractivity contribution in [1.82, 2.24) is 0 Å². The van der Waals surface area contributed by atoms with Gasteiger partial charge in [0.1, 0.15) is 0 Å². The normalized spacial score (nSPS) is 18.8. The van der Waals surface area contributed by atoms with Crippen LogP contribution in [0.3, 0.4) is 0 Å². The molecule has 1 aliphatic carbocycles. The van der Waals surface area contributed by atoms with Crippen molar-refractivity contribution in [3.8, 4) is 0 Å². The van der Waals surface area contributed by atoms with E-state index in [0.717, 1.165) is 12.1 Å². The van der Waals surface area contributed by atoms with E-state index in [4.69, 9.17) is 4.74 Å². The molecule has 0 aromatic heterocycles. The maximum atomic E-state index is 12.0. The molecule has 1 saturated carbocycles. The zero-order valence-electron chi connectivity index (χ0n) is 11.5. The van der Waals surface area contributed by atoms with Gasteiger partial charge >= 0.3 is 5.97 Å². The number of carbonyl (C=O) groups is 2. The zero-order chi connectivity index (χ0) is 14.5. The van der Waals surface area contributed by atoms with Crippen LogP contribution in [-0.4, -0.2) is 30.6 Å². The maximum absolute atomic E-state index is 12.0. The van der Waals surface area contributed by atoms with E-state index in [2.05, 4.69) is 11.6 Å². The fourth-order valence-corrected chi connectivity index (χ4v) is 2.00. The van der Waals surface area contributed by atoms with E-state index < -0.39 is 12.1 Å². The Labute approximate surface area is 118 Å². The van der Waals surface area contributed by atoms with Crippen LogP contribution in [0.25, 0.3) is 0 Å². The number of ketones is 1. The fourth-order valence-electron chi connectivity index (χ4n) is 2.00. The van der Waals surface area contributed by atoms with Gasteiger partial charge in [0.05, 0.1) is 5.56 Å². The Morgan fingerprint density at radius 3 is 2.65 bits per heavy atom. The fraction of sp³-hybridized carbons (Fsp3) is 0.312. The second kappa shape index (κ2) is 6.28. The van der Waals surface area contributed by atoms with E-state index in [9.17, 15) is 9.59 Å². The zero-order valence-corrected chi connectivity index (χ0v) is 11.5. The van der Waals surface area contributed by atoms with Crippen LogP contribution < -0.4 is 0 Å². The van der Waals surface area contributed by atoms with Crippen molar-refractivity contribution < 1.29 is 14.3 Å². The van der Waals surface area contributed by atoms with Crippen LogP contribution in [0.1, 0.15) is 35.7 Å². The monoisotopic (exact) mass is 271 g/mol. The Morgan fingerprint density at radius 1 is 1.40 bits per heavy atom. The summed E-state index contributed by atoms with van der Waals surface area (Å²) in [6, 6.07) is 6.92. The molecule has 1 unspecified atom stereocenters. The number of benzene rings is 1. The third-order valence-corrected chi connectivity index (χ3v) is 3.15. The smallest absolute Gasteiger partial charge is 0.339 e. The number of rotatable bonds is 4. The highest BCUT2D eigenvalue weighted by atomic mass is 16.5. The summed E-state index contributed by atoms with van der Waals surface area (Å²) in [6.45, 7) is 6.44. The van der Waals surface area contributed by atoms with Crippen molar-refractivity contribution in [2.45, 2.75) is 25.9 Å². The average molecular weight is 271 g/mol. The molecule has 1 aliphatic rings. The highest BCUT2D eigenvalue weighted by Gasteiger charge is 2.31. The van der Waals surface area contributed by atoms with Gasteiger partial charge in [0.25, 0.3) is 0 Å². The summed E-state index contributed by atoms with van der Waals surface area (Å²) in [5.74, 6) is -0.569. The molecule has 0 spiro atoms. The first kappa shape index (κ1) is 14.2. The van der Waals surface area contributed by atoms with Crippen molar-refractivity contribution in [3.05, 3.63) is 47.5 Å². The molecule has 0 bridgehead atoms. The molecule has 4 nitrogen and oxygen atoms in total. The van der Waals surface area contributed by atoms with Crippen LogP contribution in [0.5, 0.6) is 0 Å². The minimum Gasteiger partial charge on any atom is -0.446 e. The Morgan fingerprint density at radius 2 is 2.10 bits per heavy atom. The first-order valence-electron chi connectivity index (χ1n) is 6.63. The van der Waals surface area contributed by atoms with Crippen LogP contribution >= 0.6 is 0 Å². The van der Waals surface area contributed by atoms with Crippen molar-refractivity contribution in [3.63, 3.8) is 0 Å². The van der Waals surface area contributed by atoms with Gasteiger partial charge in [0, 0.05) is 19.2 Å². The summed E-state index contributed by atoms with van der Waals surface area (Å²) in [7, 11) is 0. The van der Waals surface area contributed by atoms with E-state index in [0.29, 0.717) is 24.0 Å². The Hall–Kier alpha value is -2.23. The number of nitrogens with zero attached hydrogens (tertiary/aromatic N) is 1. The number of aliphatic imine (C=N–C) groups is 1. The number of esters is 1. The highest BCUT2D eigenvalue weighted by Crippen LogP contribution is 2.23. The van der Waals surface area contributed by atoms with Gasteiger partial charge < -0.3 is 4.74 Å². The quantitative estimate of drug-likeness (QED) is 0.480. The van der Waals surface area contributed by atoms with E-state index in [1.807, 2.05) is 6.92 Å². The van der Waals surface area contributed by atoms with Crippen molar-refractivity contribution >= 4 is 18.0 Å². The summed E-state index contributed by atoms with van der Waals surface area (Å²) in [4.78, 5) is 27.7. The second-order valence-corrected chi connectivity index (χ2v) is 4.66. The molecule has 0 saturated heterocycles. The summed E-state index contributed by atoms with van der Waals surface area (Å²) in [5, 5.41) is 0. The molecule has 1 aromatic carbocycles. The molecule has 1 aromatic rings. The minimum atomic E-state index is -0.774. The molecule has 0 radical (unpaired) electrons. The van der Waals surface area contributed by atoms with Gasteiger partial charge in [-0.05, 0) is 36.6 Å². The lowest BCUT2D eigenvalue weighted by Gasteiger charge is -2.11. The average Bonchev–Trinajstić information content (AvgIpc) is 2.77. The van der Waals surface area contributed by atoms with Crippen LogP contribution in [0.2, 0.25) is 0 Å². The lowest BCUT2D eigenvalue weighted by molar-refractivity contribution is -0.123. The SMILES string of the molecule is C=C1CCC(=O)C1OC(=O)c1ccc(C=NCC)cc1. The Balaban J connectivity index is 2.04. The van der Waals surface area contributed by atoms with Crippen LogP contribution in [0.4, 0.5) is 0 Å². The van der Waals surface area contributed by atoms with Gasteiger partial charge in [-0.25, -0.2) is 4.79 Å². The molecule has 0 amide bonds. The van der Waals surface area contributed by atoms with E-state index in [1.54, 1.807) is 30.5 Å². The summed E-state index contributed by atoms with van der Waals surface area (Å²) in [6.07, 6.45) is 1.98. The van der Waals surface area contributed by atoms with Gasteiger partial charge in [0.15, 0.2) is 11.9 Å². The van der Waals surface area contributed by atoms with Gasteiger partial charge in [-0.3, -0.25) is 9.79 Å². The lowest BCUT2D eigenvalue weighted by Crippen LogP contribution is -2.23. The lowest BCUT2D eigenvalue weighted by atomic mass is 10.1. The molecule has 0 aliphatic heterocycles. The van der Waals surface area contributed by atoms with Crippen molar-refractivity contribution in [2.75, 3.05) is 6.54 Å². The molecule has 104 valence electrons. The first-order chi connectivity index (χ1) is 9.61. The van der Waals surface area contributed by atoms with Gasteiger partial charge in [-0.2, -0.15) is 0 Å². The molecule has 0 N–H and O–H groups in total. The number of Topliss-reactive ketones (excluding diaryl/α,β-unsaturated/α-hetero) is 1. The molecule has 4 heteroatoms. The Bertz CT molecular complexity index is 542. The van der Waals surface area contributed by atoms with E-state index in [-0.39, 0.29) is 5.78 Å². The van der Waals surface area contributed by atoms with Crippen LogP contribution in [0.15, 0.2) is 41.4 Å². The predicted molar refractivity (Wildman–Crippen MR) is 77.2 cm³/mol. The number of hydrogen-bond donors (Lipinski definition) is 0. The maximum Gasteiger partial charge on any atom is 0.339 e. The van der Waals surface area contributed by atoms with Gasteiger partial charge in [-0.15, -0.1) is 0 Å². The van der Waals surface area contributed by atoms with Crippen LogP contribution in [-0.2, 0) is 9.53 Å². The topological polar surface area (TPSA) is 55.7 Å². The molecule has 1 fully saturated rings. The summed E-state index contributed by atoms with van der Waals surface area (Å²) in [5.41, 5.74) is 2.02. The molecule has 2 rings (SSSR count). The standard InChI is InChI=1S/C16H17NO3/c1-3-17-10-12-5-7-13(8-6-12)16(19)20-15-11(2)4-9-14(15)18/h5-8,10,15H,2-4,9H2,1H3. The van der Waals surface area contributed by atoms with Gasteiger partial charge in [0.2, 0.25) is 0 Å². The number of carbonyl (C=O) groups excluding carboxylic acids is 2. The molecular formula is C16H17NO3.